The summed E-state index contributed by atoms with van der Waals surface area (Å²) in [7, 11) is 1.70. The summed E-state index contributed by atoms with van der Waals surface area (Å²) >= 11 is 1.77. The first-order valence-electron chi connectivity index (χ1n) is 7.27. The molecule has 110 valence electrons. The summed E-state index contributed by atoms with van der Waals surface area (Å²) in [5.74, 6) is 0.262. The highest BCUT2D eigenvalue weighted by molar-refractivity contribution is 7.12. The van der Waals surface area contributed by atoms with Gasteiger partial charge in [-0.25, -0.2) is 0 Å². The molecule has 2 atom stereocenters. The van der Waals surface area contributed by atoms with Crippen molar-refractivity contribution in [3.8, 4) is 0 Å². The number of carbonyl (C=O) groups is 1. The highest BCUT2D eigenvalue weighted by Gasteiger charge is 2.60. The van der Waals surface area contributed by atoms with Crippen molar-refractivity contribution in [1.29, 1.82) is 0 Å². The van der Waals surface area contributed by atoms with Crippen LogP contribution in [0.5, 0.6) is 0 Å². The third kappa shape index (κ3) is 2.18. The van der Waals surface area contributed by atoms with E-state index in [4.69, 9.17) is 4.74 Å². The van der Waals surface area contributed by atoms with Gasteiger partial charge in [0.05, 0.1) is 12.6 Å². The molecular weight excluding hydrogens is 272 g/mol. The Labute approximate surface area is 124 Å². The van der Waals surface area contributed by atoms with Gasteiger partial charge in [-0.05, 0) is 38.3 Å². The van der Waals surface area contributed by atoms with E-state index in [1.54, 1.807) is 18.4 Å². The fourth-order valence-electron chi connectivity index (χ4n) is 3.01. The Hall–Kier alpha value is -0.910. The molecule has 2 fully saturated rings. The normalized spacial score (nSPS) is 25.4. The van der Waals surface area contributed by atoms with Crippen molar-refractivity contribution >= 4 is 17.2 Å². The first-order valence-corrected chi connectivity index (χ1v) is 8.08. The predicted molar refractivity (Wildman–Crippen MR) is 79.7 cm³/mol. The summed E-state index contributed by atoms with van der Waals surface area (Å²) in [6.07, 6.45) is 2.86. The predicted octanol–water partition coefficient (Wildman–Crippen LogP) is 2.44. The van der Waals surface area contributed by atoms with Gasteiger partial charge in [-0.3, -0.25) is 10.1 Å². The van der Waals surface area contributed by atoms with E-state index in [1.807, 2.05) is 4.90 Å². The van der Waals surface area contributed by atoms with Crippen LogP contribution in [0.15, 0.2) is 12.1 Å². The number of nitrogens with one attached hydrogen (secondary N) is 1. The summed E-state index contributed by atoms with van der Waals surface area (Å²) in [6.45, 7) is 4.82. The monoisotopic (exact) mass is 294 g/mol. The van der Waals surface area contributed by atoms with Crippen molar-refractivity contribution in [1.82, 2.24) is 10.2 Å². The lowest BCUT2D eigenvalue weighted by molar-refractivity contribution is -0.134. The lowest BCUT2D eigenvalue weighted by Gasteiger charge is -2.31. The fourth-order valence-corrected chi connectivity index (χ4v) is 3.94. The average Bonchev–Trinajstić information content (AvgIpc) is 3.01. The van der Waals surface area contributed by atoms with E-state index < -0.39 is 0 Å². The van der Waals surface area contributed by atoms with Crippen LogP contribution in [0.4, 0.5) is 0 Å². The minimum atomic E-state index is -0.274. The van der Waals surface area contributed by atoms with Crippen molar-refractivity contribution in [2.24, 2.45) is 0 Å². The standard InChI is InChI=1S/C15H22N2O2S/c1-4-11(9-19-3)17-13(12-6-5-10(2)20-12)16-15(7-8-15)14(17)18/h5-6,11,13,16H,4,7-9H2,1-3H3. The molecule has 1 aliphatic heterocycles. The maximum atomic E-state index is 12.8. The third-order valence-corrected chi connectivity index (χ3v) is 5.39. The maximum absolute atomic E-state index is 12.8. The Morgan fingerprint density at radius 3 is 2.80 bits per heavy atom. The average molecular weight is 294 g/mol. The summed E-state index contributed by atoms with van der Waals surface area (Å²) in [5.41, 5.74) is -0.274. The molecule has 1 saturated heterocycles. The van der Waals surface area contributed by atoms with E-state index in [9.17, 15) is 4.79 Å². The number of ether oxygens (including phenoxy) is 1. The molecule has 1 spiro atoms. The van der Waals surface area contributed by atoms with E-state index in [-0.39, 0.29) is 23.7 Å². The van der Waals surface area contributed by atoms with Crippen LogP contribution in [0.2, 0.25) is 0 Å². The quantitative estimate of drug-likeness (QED) is 0.907. The van der Waals surface area contributed by atoms with Gasteiger partial charge in [0, 0.05) is 16.9 Å². The summed E-state index contributed by atoms with van der Waals surface area (Å²) in [6, 6.07) is 4.41. The number of aryl methyl sites for hydroxylation is 1. The number of hydrogen-bond acceptors (Lipinski definition) is 4. The van der Waals surface area contributed by atoms with Gasteiger partial charge in [-0.1, -0.05) is 6.92 Å². The molecule has 20 heavy (non-hydrogen) atoms. The molecule has 2 unspecified atom stereocenters. The van der Waals surface area contributed by atoms with Crippen LogP contribution in [0.1, 0.15) is 42.1 Å². The Bertz CT molecular complexity index is 510. The third-order valence-electron chi connectivity index (χ3n) is 4.34. The molecule has 0 aromatic carbocycles. The zero-order chi connectivity index (χ0) is 14.3. The van der Waals surface area contributed by atoms with Gasteiger partial charge < -0.3 is 9.64 Å². The van der Waals surface area contributed by atoms with Gasteiger partial charge in [0.15, 0.2) is 0 Å². The van der Waals surface area contributed by atoms with Crippen LogP contribution in [0.3, 0.4) is 0 Å². The van der Waals surface area contributed by atoms with Crippen LogP contribution in [0, 0.1) is 6.92 Å². The SMILES string of the molecule is CCC(COC)N1C(=O)C2(CC2)NC1c1ccc(C)s1. The number of carbonyl (C=O) groups excluding carboxylic acids is 1. The first kappa shape index (κ1) is 14.0. The zero-order valence-electron chi connectivity index (χ0n) is 12.3. The van der Waals surface area contributed by atoms with Crippen LogP contribution >= 0.6 is 11.3 Å². The number of amides is 1. The van der Waals surface area contributed by atoms with Crippen LogP contribution in [-0.2, 0) is 9.53 Å². The highest BCUT2D eigenvalue weighted by atomic mass is 32.1. The summed E-state index contributed by atoms with van der Waals surface area (Å²) in [4.78, 5) is 17.3. The molecule has 1 aliphatic carbocycles. The van der Waals surface area contributed by atoms with Gasteiger partial charge in [-0.2, -0.15) is 0 Å². The van der Waals surface area contributed by atoms with Crippen molar-refractivity contribution in [2.45, 2.75) is 50.9 Å². The number of rotatable bonds is 5. The molecule has 1 N–H and O–H groups in total. The number of hydrogen-bond donors (Lipinski definition) is 1. The second kappa shape index (κ2) is 5.13. The molecule has 2 heterocycles. The van der Waals surface area contributed by atoms with Crippen molar-refractivity contribution in [2.75, 3.05) is 13.7 Å². The van der Waals surface area contributed by atoms with Crippen LogP contribution in [-0.4, -0.2) is 36.1 Å². The maximum Gasteiger partial charge on any atom is 0.244 e. The Kier molecular flexibility index (Phi) is 3.60. The first-order chi connectivity index (χ1) is 9.61. The molecule has 3 rings (SSSR count). The lowest BCUT2D eigenvalue weighted by atomic mass is 10.1. The zero-order valence-corrected chi connectivity index (χ0v) is 13.1. The van der Waals surface area contributed by atoms with E-state index in [0.717, 1.165) is 19.3 Å². The molecule has 1 saturated carbocycles. The van der Waals surface area contributed by atoms with Crippen LogP contribution < -0.4 is 5.32 Å². The fraction of sp³-hybridized carbons (Fsp3) is 0.667. The number of methoxy groups -OCH3 is 1. The minimum absolute atomic E-state index is 0.0174. The van der Waals surface area contributed by atoms with Crippen molar-refractivity contribution < 1.29 is 9.53 Å². The van der Waals surface area contributed by atoms with E-state index in [1.165, 1.54) is 9.75 Å². The second-order valence-corrected chi connectivity index (χ2v) is 7.13. The van der Waals surface area contributed by atoms with Crippen LogP contribution in [0.25, 0.3) is 0 Å². The second-order valence-electron chi connectivity index (χ2n) is 5.81. The van der Waals surface area contributed by atoms with Crippen molar-refractivity contribution in [3.63, 3.8) is 0 Å². The molecule has 1 amide bonds. The molecule has 0 radical (unpaired) electrons. The Balaban J connectivity index is 1.91. The smallest absolute Gasteiger partial charge is 0.244 e. The topological polar surface area (TPSA) is 41.6 Å². The van der Waals surface area contributed by atoms with E-state index >= 15 is 0 Å². The largest absolute Gasteiger partial charge is 0.383 e. The van der Waals surface area contributed by atoms with Crippen molar-refractivity contribution in [3.05, 3.63) is 21.9 Å². The van der Waals surface area contributed by atoms with Gasteiger partial charge in [0.25, 0.3) is 0 Å². The van der Waals surface area contributed by atoms with Gasteiger partial charge >= 0.3 is 0 Å². The lowest BCUT2D eigenvalue weighted by Crippen LogP contribution is -2.42. The number of thiophene rings is 1. The molecule has 5 heteroatoms. The Morgan fingerprint density at radius 1 is 1.55 bits per heavy atom. The Morgan fingerprint density at radius 2 is 2.30 bits per heavy atom. The van der Waals surface area contributed by atoms with Gasteiger partial charge in [0.1, 0.15) is 11.7 Å². The molecular formula is C15H22N2O2S. The highest BCUT2D eigenvalue weighted by Crippen LogP contribution is 2.47. The van der Waals surface area contributed by atoms with Gasteiger partial charge in [-0.15, -0.1) is 11.3 Å². The van der Waals surface area contributed by atoms with E-state index in [2.05, 4.69) is 31.3 Å². The molecule has 2 aliphatic rings. The molecule has 1 aromatic heterocycles. The van der Waals surface area contributed by atoms with E-state index in [0.29, 0.717) is 6.61 Å². The molecule has 4 nitrogen and oxygen atoms in total. The number of nitrogens with zero attached hydrogens (tertiary/aromatic N) is 1. The molecule has 1 aromatic rings. The summed E-state index contributed by atoms with van der Waals surface area (Å²) < 4.78 is 5.32. The molecule has 0 bridgehead atoms. The summed E-state index contributed by atoms with van der Waals surface area (Å²) in [5, 5.41) is 3.58. The minimum Gasteiger partial charge on any atom is -0.383 e. The van der Waals surface area contributed by atoms with Gasteiger partial charge in [0.2, 0.25) is 5.91 Å².